The lowest BCUT2D eigenvalue weighted by atomic mass is 10.1. The number of anilines is 1. The first kappa shape index (κ1) is 19.2. The van der Waals surface area contributed by atoms with Crippen LogP contribution in [0.15, 0.2) is 41.0 Å². The standard InChI is InChI=1S/C18H20N4O6/c1-27-17(23)13-4-5-15(16(11-13)22(25)26)20-6-8-21(9-7-20)18(24)19-12-14-3-2-10-28-14/h2-5,10-11H,6-9,12H2,1H3,(H,19,24). The Hall–Kier alpha value is -3.56. The van der Waals surface area contributed by atoms with E-state index in [0.717, 1.165) is 0 Å². The highest BCUT2D eigenvalue weighted by atomic mass is 16.6. The molecule has 2 heterocycles. The number of carbonyl (C=O) groups excluding carboxylic acids is 2. The molecule has 0 aliphatic carbocycles. The number of amides is 2. The number of piperazine rings is 1. The number of urea groups is 1. The fourth-order valence-electron chi connectivity index (χ4n) is 3.02. The molecule has 2 aromatic rings. The zero-order valence-corrected chi connectivity index (χ0v) is 15.3. The van der Waals surface area contributed by atoms with Crippen molar-refractivity contribution in [1.29, 1.82) is 0 Å². The summed E-state index contributed by atoms with van der Waals surface area (Å²) in [5.74, 6) is 0.0287. The van der Waals surface area contributed by atoms with Crippen LogP contribution in [0.3, 0.4) is 0 Å². The van der Waals surface area contributed by atoms with E-state index in [0.29, 0.717) is 44.2 Å². The van der Waals surface area contributed by atoms with Gasteiger partial charge in [0.1, 0.15) is 11.4 Å². The second-order valence-electron chi connectivity index (χ2n) is 6.16. The SMILES string of the molecule is COC(=O)c1ccc(N2CCN(C(=O)NCc3ccco3)CC2)c([N+](=O)[O-])c1. The van der Waals surface area contributed by atoms with Gasteiger partial charge < -0.3 is 24.3 Å². The molecule has 10 heteroatoms. The molecule has 0 radical (unpaired) electrons. The van der Waals surface area contributed by atoms with E-state index in [1.807, 2.05) is 4.90 Å². The molecule has 28 heavy (non-hydrogen) atoms. The zero-order valence-electron chi connectivity index (χ0n) is 15.3. The van der Waals surface area contributed by atoms with Gasteiger partial charge in [0.25, 0.3) is 5.69 Å². The summed E-state index contributed by atoms with van der Waals surface area (Å²) in [4.78, 5) is 38.3. The molecule has 1 aliphatic rings. The van der Waals surface area contributed by atoms with Gasteiger partial charge in [-0.2, -0.15) is 0 Å². The van der Waals surface area contributed by atoms with Crippen LogP contribution in [0.4, 0.5) is 16.2 Å². The van der Waals surface area contributed by atoms with Crippen LogP contribution in [0.5, 0.6) is 0 Å². The Morgan fingerprint density at radius 3 is 2.61 bits per heavy atom. The van der Waals surface area contributed by atoms with Crippen molar-refractivity contribution in [3.8, 4) is 0 Å². The average Bonchev–Trinajstić information content (AvgIpc) is 3.24. The van der Waals surface area contributed by atoms with Crippen molar-refractivity contribution in [1.82, 2.24) is 10.2 Å². The van der Waals surface area contributed by atoms with E-state index < -0.39 is 10.9 Å². The molecule has 0 spiro atoms. The van der Waals surface area contributed by atoms with E-state index in [-0.39, 0.29) is 17.3 Å². The molecule has 10 nitrogen and oxygen atoms in total. The molecular formula is C18H20N4O6. The van der Waals surface area contributed by atoms with Gasteiger partial charge in [0.05, 0.1) is 30.4 Å². The largest absolute Gasteiger partial charge is 0.467 e. The van der Waals surface area contributed by atoms with E-state index in [1.165, 1.54) is 25.3 Å². The van der Waals surface area contributed by atoms with Crippen molar-refractivity contribution < 1.29 is 23.7 Å². The number of nitro groups is 1. The normalized spacial score (nSPS) is 13.9. The van der Waals surface area contributed by atoms with E-state index in [9.17, 15) is 19.7 Å². The summed E-state index contributed by atoms with van der Waals surface area (Å²) in [6.07, 6.45) is 1.54. The van der Waals surface area contributed by atoms with Crippen LogP contribution in [0.1, 0.15) is 16.1 Å². The first-order valence-corrected chi connectivity index (χ1v) is 8.66. The fourth-order valence-corrected chi connectivity index (χ4v) is 3.02. The Balaban J connectivity index is 1.63. The molecule has 148 valence electrons. The molecule has 0 unspecified atom stereocenters. The van der Waals surface area contributed by atoms with Crippen molar-refractivity contribution in [3.63, 3.8) is 0 Å². The number of ether oxygens (including phenoxy) is 1. The molecule has 0 atom stereocenters. The maximum absolute atomic E-state index is 12.3. The zero-order chi connectivity index (χ0) is 20.1. The molecule has 1 N–H and O–H groups in total. The highest BCUT2D eigenvalue weighted by Gasteiger charge is 2.27. The van der Waals surface area contributed by atoms with Crippen LogP contribution in [0, 0.1) is 10.1 Å². The van der Waals surface area contributed by atoms with Crippen molar-refractivity contribution in [2.75, 3.05) is 38.2 Å². The van der Waals surface area contributed by atoms with Gasteiger partial charge in [0.15, 0.2) is 0 Å². The van der Waals surface area contributed by atoms with Gasteiger partial charge in [-0.3, -0.25) is 10.1 Å². The Labute approximate surface area is 160 Å². The molecule has 1 aromatic heterocycles. The van der Waals surface area contributed by atoms with Gasteiger partial charge in [-0.1, -0.05) is 0 Å². The summed E-state index contributed by atoms with van der Waals surface area (Å²) in [6, 6.07) is 7.55. The van der Waals surface area contributed by atoms with E-state index in [4.69, 9.17) is 4.42 Å². The van der Waals surface area contributed by atoms with Gasteiger partial charge >= 0.3 is 12.0 Å². The number of esters is 1. The predicted molar refractivity (Wildman–Crippen MR) is 99.2 cm³/mol. The third-order valence-electron chi connectivity index (χ3n) is 4.49. The van der Waals surface area contributed by atoms with E-state index in [1.54, 1.807) is 23.3 Å². The van der Waals surface area contributed by atoms with Crippen LogP contribution in [0.25, 0.3) is 0 Å². The first-order chi connectivity index (χ1) is 13.5. The monoisotopic (exact) mass is 388 g/mol. The number of nitrogens with one attached hydrogen (secondary N) is 1. The quantitative estimate of drug-likeness (QED) is 0.473. The van der Waals surface area contributed by atoms with Crippen LogP contribution >= 0.6 is 0 Å². The predicted octanol–water partition coefficient (Wildman–Crippen LogP) is 2.01. The second kappa shape index (κ2) is 8.42. The van der Waals surface area contributed by atoms with Crippen LogP contribution in [0.2, 0.25) is 0 Å². The summed E-state index contributed by atoms with van der Waals surface area (Å²) in [7, 11) is 1.22. The number of hydrogen-bond acceptors (Lipinski definition) is 7. The molecular weight excluding hydrogens is 368 g/mol. The van der Waals surface area contributed by atoms with Gasteiger partial charge in [-0.15, -0.1) is 0 Å². The van der Waals surface area contributed by atoms with E-state index >= 15 is 0 Å². The lowest BCUT2D eigenvalue weighted by Gasteiger charge is -2.35. The average molecular weight is 388 g/mol. The number of nitro benzene ring substituents is 1. The molecule has 0 saturated carbocycles. The summed E-state index contributed by atoms with van der Waals surface area (Å²) in [6.45, 7) is 2.01. The lowest BCUT2D eigenvalue weighted by molar-refractivity contribution is -0.384. The van der Waals surface area contributed by atoms with Gasteiger partial charge in [-0.25, -0.2) is 9.59 Å². The number of nitrogens with zero attached hydrogens (tertiary/aromatic N) is 3. The number of hydrogen-bond donors (Lipinski definition) is 1. The van der Waals surface area contributed by atoms with Crippen LogP contribution in [-0.2, 0) is 11.3 Å². The van der Waals surface area contributed by atoms with Crippen molar-refractivity contribution in [2.45, 2.75) is 6.54 Å². The minimum atomic E-state index is -0.632. The summed E-state index contributed by atoms with van der Waals surface area (Å²) in [5.41, 5.74) is 0.362. The minimum Gasteiger partial charge on any atom is -0.467 e. The Kier molecular flexibility index (Phi) is 5.78. The topological polar surface area (TPSA) is 118 Å². The highest BCUT2D eigenvalue weighted by molar-refractivity contribution is 5.91. The molecule has 1 fully saturated rings. The third-order valence-corrected chi connectivity index (χ3v) is 4.49. The van der Waals surface area contributed by atoms with Crippen molar-refractivity contribution in [2.24, 2.45) is 0 Å². The summed E-state index contributed by atoms with van der Waals surface area (Å²) in [5, 5.41) is 14.2. The summed E-state index contributed by atoms with van der Waals surface area (Å²) < 4.78 is 9.79. The molecule has 0 bridgehead atoms. The van der Waals surface area contributed by atoms with Gasteiger partial charge in [0.2, 0.25) is 0 Å². The summed E-state index contributed by atoms with van der Waals surface area (Å²) >= 11 is 0. The highest BCUT2D eigenvalue weighted by Crippen LogP contribution is 2.30. The van der Waals surface area contributed by atoms with Crippen LogP contribution in [-0.4, -0.2) is 55.1 Å². The molecule has 1 aliphatic heterocycles. The fraction of sp³-hybridized carbons (Fsp3) is 0.333. The molecule has 1 aromatic carbocycles. The number of carbonyl (C=O) groups is 2. The Bertz CT molecular complexity index is 859. The Morgan fingerprint density at radius 2 is 2.00 bits per heavy atom. The number of rotatable bonds is 5. The second-order valence-corrected chi connectivity index (χ2v) is 6.16. The van der Waals surface area contributed by atoms with Crippen LogP contribution < -0.4 is 10.2 Å². The third kappa shape index (κ3) is 4.22. The number of benzene rings is 1. The Morgan fingerprint density at radius 1 is 1.25 bits per heavy atom. The number of furan rings is 1. The molecule has 1 saturated heterocycles. The maximum atomic E-state index is 12.3. The van der Waals surface area contributed by atoms with Crippen molar-refractivity contribution in [3.05, 3.63) is 58.0 Å². The van der Waals surface area contributed by atoms with Gasteiger partial charge in [0, 0.05) is 32.2 Å². The van der Waals surface area contributed by atoms with Gasteiger partial charge in [-0.05, 0) is 24.3 Å². The number of methoxy groups -OCH3 is 1. The van der Waals surface area contributed by atoms with Crippen molar-refractivity contribution >= 4 is 23.4 Å². The molecule has 3 rings (SSSR count). The maximum Gasteiger partial charge on any atom is 0.338 e. The first-order valence-electron chi connectivity index (χ1n) is 8.66. The molecule has 2 amide bonds. The lowest BCUT2D eigenvalue weighted by Crippen LogP contribution is -2.51. The minimum absolute atomic E-state index is 0.119. The smallest absolute Gasteiger partial charge is 0.338 e. The van der Waals surface area contributed by atoms with E-state index in [2.05, 4.69) is 10.1 Å².